The van der Waals surface area contributed by atoms with E-state index in [1.807, 2.05) is 42.5 Å². The minimum Gasteiger partial charge on any atom is -0.467 e. The van der Waals surface area contributed by atoms with Crippen LogP contribution < -0.4 is 10.6 Å². The maximum Gasteiger partial charge on any atom is 0.328 e. The van der Waals surface area contributed by atoms with Gasteiger partial charge < -0.3 is 15.4 Å². The molecule has 2 atom stereocenters. The van der Waals surface area contributed by atoms with Crippen molar-refractivity contribution in [2.45, 2.75) is 50.1 Å². The minimum atomic E-state index is -0.755. The maximum absolute atomic E-state index is 12.8. The van der Waals surface area contributed by atoms with Crippen LogP contribution in [0.5, 0.6) is 0 Å². The van der Waals surface area contributed by atoms with Crippen molar-refractivity contribution in [3.63, 3.8) is 0 Å². The lowest BCUT2D eigenvalue weighted by atomic mass is 9.84. The van der Waals surface area contributed by atoms with Crippen molar-refractivity contribution in [1.29, 1.82) is 0 Å². The van der Waals surface area contributed by atoms with Crippen molar-refractivity contribution in [2.75, 3.05) is 7.11 Å². The summed E-state index contributed by atoms with van der Waals surface area (Å²) in [4.78, 5) is 37.3. The standard InChI is InChI=1S/C28H30N2O4/c1-34-27(33)24(18-20-7-3-2-4-8-20)29-25(31)13-15-28(16-14-26(32)30-28)19-21-11-12-22-9-5-6-10-23(22)17-21/h2-12,17,24H,13-16,18-19H2,1H3,(H,29,31)(H,30,32)/t24-,28-/m0/s1. The Morgan fingerprint density at radius 1 is 1.00 bits per heavy atom. The molecule has 3 aromatic carbocycles. The molecular formula is C28H30N2O4. The van der Waals surface area contributed by atoms with Crippen LogP contribution in [0.4, 0.5) is 0 Å². The average Bonchev–Trinajstić information content (AvgIpc) is 3.22. The Balaban J connectivity index is 1.43. The van der Waals surface area contributed by atoms with Gasteiger partial charge in [-0.1, -0.05) is 72.8 Å². The number of hydrogen-bond acceptors (Lipinski definition) is 4. The molecule has 3 aromatic rings. The predicted octanol–water partition coefficient (Wildman–Crippen LogP) is 3.71. The lowest BCUT2D eigenvalue weighted by Crippen LogP contribution is -2.46. The minimum absolute atomic E-state index is 0.0118. The Hall–Kier alpha value is -3.67. The summed E-state index contributed by atoms with van der Waals surface area (Å²) >= 11 is 0. The summed E-state index contributed by atoms with van der Waals surface area (Å²) in [7, 11) is 1.32. The van der Waals surface area contributed by atoms with Crippen LogP contribution in [-0.2, 0) is 32.0 Å². The van der Waals surface area contributed by atoms with E-state index >= 15 is 0 Å². The highest BCUT2D eigenvalue weighted by Gasteiger charge is 2.38. The first-order valence-corrected chi connectivity index (χ1v) is 11.7. The van der Waals surface area contributed by atoms with Crippen LogP contribution in [0.3, 0.4) is 0 Å². The van der Waals surface area contributed by atoms with Crippen LogP contribution in [0.25, 0.3) is 10.8 Å². The summed E-state index contributed by atoms with van der Waals surface area (Å²) in [5.41, 5.74) is 1.59. The fourth-order valence-corrected chi connectivity index (χ4v) is 4.73. The predicted molar refractivity (Wildman–Crippen MR) is 131 cm³/mol. The van der Waals surface area contributed by atoms with Gasteiger partial charge in [0.25, 0.3) is 0 Å². The molecule has 1 aliphatic heterocycles. The number of amides is 2. The van der Waals surface area contributed by atoms with Gasteiger partial charge >= 0.3 is 5.97 Å². The number of esters is 1. The van der Waals surface area contributed by atoms with E-state index in [9.17, 15) is 14.4 Å². The Kier molecular flexibility index (Phi) is 7.26. The van der Waals surface area contributed by atoms with Gasteiger partial charge in [-0.3, -0.25) is 9.59 Å². The van der Waals surface area contributed by atoms with E-state index < -0.39 is 17.6 Å². The van der Waals surface area contributed by atoms with Crippen LogP contribution in [0.1, 0.15) is 36.8 Å². The van der Waals surface area contributed by atoms with Gasteiger partial charge in [-0.2, -0.15) is 0 Å². The second-order valence-corrected chi connectivity index (χ2v) is 9.02. The number of methoxy groups -OCH3 is 1. The van der Waals surface area contributed by atoms with Gasteiger partial charge in [0.2, 0.25) is 11.8 Å². The number of benzene rings is 3. The summed E-state index contributed by atoms with van der Waals surface area (Å²) < 4.78 is 4.90. The zero-order valence-corrected chi connectivity index (χ0v) is 19.4. The van der Waals surface area contributed by atoms with Gasteiger partial charge in [0.1, 0.15) is 6.04 Å². The van der Waals surface area contributed by atoms with Crippen molar-refractivity contribution in [3.8, 4) is 0 Å². The first-order chi connectivity index (χ1) is 16.5. The average molecular weight is 459 g/mol. The van der Waals surface area contributed by atoms with E-state index in [-0.39, 0.29) is 18.2 Å². The number of ether oxygens (including phenoxy) is 1. The smallest absolute Gasteiger partial charge is 0.328 e. The molecule has 0 aliphatic carbocycles. The molecule has 0 unspecified atom stereocenters. The second-order valence-electron chi connectivity index (χ2n) is 9.02. The fourth-order valence-electron chi connectivity index (χ4n) is 4.73. The molecule has 1 fully saturated rings. The molecule has 6 nitrogen and oxygen atoms in total. The first kappa shape index (κ1) is 23.5. The van der Waals surface area contributed by atoms with E-state index in [0.29, 0.717) is 32.1 Å². The second kappa shape index (κ2) is 10.5. The van der Waals surface area contributed by atoms with Gasteiger partial charge in [0.15, 0.2) is 0 Å². The molecule has 0 spiro atoms. The summed E-state index contributed by atoms with van der Waals surface area (Å²) in [5, 5.41) is 8.29. The zero-order valence-electron chi connectivity index (χ0n) is 19.4. The summed E-state index contributed by atoms with van der Waals surface area (Å²) in [5.74, 6) is -0.694. The van der Waals surface area contributed by atoms with E-state index in [0.717, 1.165) is 16.5 Å². The molecule has 1 aliphatic rings. The lowest BCUT2D eigenvalue weighted by Gasteiger charge is -2.30. The van der Waals surface area contributed by atoms with Gasteiger partial charge in [0.05, 0.1) is 7.11 Å². The molecule has 6 heteroatoms. The quantitative estimate of drug-likeness (QED) is 0.479. The molecule has 2 N–H and O–H groups in total. The highest BCUT2D eigenvalue weighted by Crippen LogP contribution is 2.30. The monoisotopic (exact) mass is 458 g/mol. The van der Waals surface area contributed by atoms with Crippen molar-refractivity contribution in [1.82, 2.24) is 10.6 Å². The van der Waals surface area contributed by atoms with Crippen LogP contribution in [0, 0.1) is 0 Å². The van der Waals surface area contributed by atoms with Crippen LogP contribution in [-0.4, -0.2) is 36.5 Å². The third-order valence-electron chi connectivity index (χ3n) is 6.53. The molecule has 176 valence electrons. The number of carbonyl (C=O) groups is 3. The summed E-state index contributed by atoms with van der Waals surface area (Å²) in [6.07, 6.45) is 2.84. The molecule has 4 rings (SSSR count). The van der Waals surface area contributed by atoms with E-state index in [4.69, 9.17) is 4.74 Å². The number of fused-ring (bicyclic) bond motifs is 1. The molecule has 0 bridgehead atoms. The topological polar surface area (TPSA) is 84.5 Å². The van der Waals surface area contributed by atoms with Crippen molar-refractivity contribution >= 4 is 28.6 Å². The SMILES string of the molecule is COC(=O)[C@H](Cc1ccccc1)NC(=O)CC[C@@]1(Cc2ccc3ccccc3c2)CCC(=O)N1. The third-order valence-corrected chi connectivity index (χ3v) is 6.53. The molecule has 0 aromatic heterocycles. The molecule has 0 saturated carbocycles. The van der Waals surface area contributed by atoms with Gasteiger partial charge in [-0.15, -0.1) is 0 Å². The van der Waals surface area contributed by atoms with Crippen molar-refractivity contribution < 1.29 is 19.1 Å². The Labute approximate surface area is 199 Å². The third kappa shape index (κ3) is 5.81. The molecule has 1 saturated heterocycles. The first-order valence-electron chi connectivity index (χ1n) is 11.7. The van der Waals surface area contributed by atoms with Gasteiger partial charge in [-0.25, -0.2) is 4.79 Å². The number of hydrogen-bond donors (Lipinski definition) is 2. The Morgan fingerprint density at radius 2 is 1.74 bits per heavy atom. The molecule has 0 radical (unpaired) electrons. The Bertz CT molecular complexity index is 1180. The van der Waals surface area contributed by atoms with E-state index in [1.165, 1.54) is 12.5 Å². The lowest BCUT2D eigenvalue weighted by molar-refractivity contribution is -0.145. The fraction of sp³-hybridized carbons (Fsp3) is 0.321. The van der Waals surface area contributed by atoms with E-state index in [2.05, 4.69) is 41.0 Å². The molecule has 1 heterocycles. The molecule has 34 heavy (non-hydrogen) atoms. The van der Waals surface area contributed by atoms with Crippen LogP contribution in [0.15, 0.2) is 72.8 Å². The summed E-state index contributed by atoms with van der Waals surface area (Å²) in [6.45, 7) is 0. The summed E-state index contributed by atoms with van der Waals surface area (Å²) in [6, 6.07) is 23.3. The highest BCUT2D eigenvalue weighted by molar-refractivity contribution is 5.85. The number of rotatable bonds is 9. The molecular weight excluding hydrogens is 428 g/mol. The van der Waals surface area contributed by atoms with Gasteiger partial charge in [0, 0.05) is 24.8 Å². The van der Waals surface area contributed by atoms with E-state index in [1.54, 1.807) is 0 Å². The maximum atomic E-state index is 12.8. The highest BCUT2D eigenvalue weighted by atomic mass is 16.5. The number of carbonyl (C=O) groups excluding carboxylic acids is 3. The largest absolute Gasteiger partial charge is 0.467 e. The Morgan fingerprint density at radius 3 is 2.44 bits per heavy atom. The normalized spacial score (nSPS) is 18.3. The van der Waals surface area contributed by atoms with Crippen molar-refractivity contribution in [3.05, 3.63) is 83.9 Å². The number of nitrogens with one attached hydrogen (secondary N) is 2. The van der Waals surface area contributed by atoms with Crippen molar-refractivity contribution in [2.24, 2.45) is 0 Å². The van der Waals surface area contributed by atoms with Crippen LogP contribution >= 0.6 is 0 Å². The van der Waals surface area contributed by atoms with Gasteiger partial charge in [-0.05, 0) is 41.2 Å². The van der Waals surface area contributed by atoms with Crippen LogP contribution in [0.2, 0.25) is 0 Å². The zero-order chi connectivity index (χ0) is 24.0. The molecule has 2 amide bonds.